The lowest BCUT2D eigenvalue weighted by molar-refractivity contribution is 1.04. The number of benzene rings is 2. The molecule has 0 aliphatic rings. The van der Waals surface area contributed by atoms with Gasteiger partial charge < -0.3 is 5.32 Å². The van der Waals surface area contributed by atoms with Gasteiger partial charge in [-0.05, 0) is 43.2 Å². The molecule has 6 heteroatoms. The van der Waals surface area contributed by atoms with Crippen molar-refractivity contribution in [1.29, 1.82) is 0 Å². The molecule has 0 saturated heterocycles. The molecule has 0 atom stereocenters. The number of thioether (sulfide) groups is 1. The molecule has 0 aliphatic carbocycles. The smallest absolute Gasteiger partial charge is 0.210 e. The average molecular weight is 379 g/mol. The van der Waals surface area contributed by atoms with Gasteiger partial charge in [0.05, 0.1) is 16.3 Å². The van der Waals surface area contributed by atoms with Crippen LogP contribution in [0.2, 0.25) is 0 Å². The number of fused-ring (bicyclic) bond motifs is 1. The summed E-state index contributed by atoms with van der Waals surface area (Å²) in [4.78, 5) is 4.83. The lowest BCUT2D eigenvalue weighted by atomic mass is 10.1. The minimum atomic E-state index is 0.762. The Hall–Kier alpha value is -2.44. The van der Waals surface area contributed by atoms with E-state index in [0.717, 1.165) is 32.1 Å². The van der Waals surface area contributed by atoms with E-state index in [1.54, 1.807) is 23.1 Å². The highest BCUT2D eigenvalue weighted by molar-refractivity contribution is 7.98. The molecule has 0 spiro atoms. The zero-order valence-electron chi connectivity index (χ0n) is 14.6. The van der Waals surface area contributed by atoms with Crippen LogP contribution in [0.25, 0.3) is 10.9 Å². The first kappa shape index (κ1) is 17.0. The maximum atomic E-state index is 4.83. The molecule has 1 N–H and O–H groups in total. The Kier molecular flexibility index (Phi) is 4.86. The van der Waals surface area contributed by atoms with Gasteiger partial charge in [-0.15, -0.1) is 10.2 Å². The summed E-state index contributed by atoms with van der Waals surface area (Å²) in [5.41, 5.74) is 4.56. The monoisotopic (exact) mass is 378 g/mol. The van der Waals surface area contributed by atoms with Crippen molar-refractivity contribution in [2.75, 3.05) is 5.32 Å². The molecular weight excluding hydrogens is 360 g/mol. The number of hydrogen-bond donors (Lipinski definition) is 1. The van der Waals surface area contributed by atoms with Crippen molar-refractivity contribution in [3.8, 4) is 0 Å². The first-order valence-corrected chi connectivity index (χ1v) is 10.1. The van der Waals surface area contributed by atoms with Gasteiger partial charge in [0.1, 0.15) is 5.01 Å². The van der Waals surface area contributed by atoms with Gasteiger partial charge in [-0.1, -0.05) is 59.5 Å². The van der Waals surface area contributed by atoms with Crippen LogP contribution in [0, 0.1) is 13.8 Å². The predicted molar refractivity (Wildman–Crippen MR) is 110 cm³/mol. The minimum Gasteiger partial charge on any atom is -0.330 e. The predicted octanol–water partition coefficient (Wildman–Crippen LogP) is 5.74. The van der Waals surface area contributed by atoms with E-state index >= 15 is 0 Å². The second-order valence-electron chi connectivity index (χ2n) is 6.03. The number of pyridine rings is 1. The molecule has 4 nitrogen and oxygen atoms in total. The van der Waals surface area contributed by atoms with Gasteiger partial charge in [-0.25, -0.2) is 4.98 Å². The van der Waals surface area contributed by atoms with E-state index in [1.807, 2.05) is 30.3 Å². The Bertz CT molecular complexity index is 1040. The maximum Gasteiger partial charge on any atom is 0.210 e. The van der Waals surface area contributed by atoms with Gasteiger partial charge in [0.25, 0.3) is 0 Å². The molecular formula is C20H18N4S2. The molecule has 26 heavy (non-hydrogen) atoms. The normalized spacial score (nSPS) is 11.0. The van der Waals surface area contributed by atoms with Crippen LogP contribution in [0.4, 0.5) is 10.8 Å². The zero-order chi connectivity index (χ0) is 17.9. The summed E-state index contributed by atoms with van der Waals surface area (Å²) in [6.45, 7) is 4.25. The fourth-order valence-corrected chi connectivity index (χ4v) is 4.46. The Balaban J connectivity index is 1.48. The zero-order valence-corrected chi connectivity index (χ0v) is 16.2. The van der Waals surface area contributed by atoms with Crippen molar-refractivity contribution in [2.24, 2.45) is 0 Å². The lowest BCUT2D eigenvalue weighted by Crippen LogP contribution is -1.90. The quantitative estimate of drug-likeness (QED) is 0.449. The van der Waals surface area contributed by atoms with Gasteiger partial charge in [0.15, 0.2) is 0 Å². The number of nitrogens with zero attached hydrogens (tertiary/aromatic N) is 3. The number of rotatable bonds is 5. The molecule has 0 unspecified atom stereocenters. The van der Waals surface area contributed by atoms with Crippen molar-refractivity contribution >= 4 is 44.8 Å². The highest BCUT2D eigenvalue weighted by Crippen LogP contribution is 2.29. The Morgan fingerprint density at radius 3 is 2.65 bits per heavy atom. The van der Waals surface area contributed by atoms with Crippen LogP contribution in [-0.2, 0) is 5.75 Å². The fraction of sp³-hybridized carbons (Fsp3) is 0.150. The second kappa shape index (κ2) is 7.43. The van der Waals surface area contributed by atoms with Crippen molar-refractivity contribution in [1.82, 2.24) is 15.2 Å². The maximum absolute atomic E-state index is 4.83. The minimum absolute atomic E-state index is 0.762. The number of aryl methyl sites for hydroxylation is 2. The lowest BCUT2D eigenvalue weighted by Gasteiger charge is -2.07. The average Bonchev–Trinajstić information content (AvgIpc) is 3.09. The third-order valence-electron chi connectivity index (χ3n) is 4.06. The molecule has 4 aromatic rings. The van der Waals surface area contributed by atoms with Gasteiger partial charge in [0, 0.05) is 11.1 Å². The molecule has 0 fully saturated rings. The van der Waals surface area contributed by atoms with E-state index in [1.165, 1.54) is 16.5 Å². The number of para-hydroxylation sites is 2. The molecule has 130 valence electrons. The van der Waals surface area contributed by atoms with Crippen LogP contribution < -0.4 is 5.32 Å². The van der Waals surface area contributed by atoms with E-state index in [0.29, 0.717) is 0 Å². The molecule has 0 amide bonds. The van der Waals surface area contributed by atoms with Gasteiger partial charge in [-0.3, -0.25) is 0 Å². The molecule has 0 bridgehead atoms. The summed E-state index contributed by atoms with van der Waals surface area (Å²) in [6.07, 6.45) is 0. The topological polar surface area (TPSA) is 50.7 Å². The molecule has 0 saturated carbocycles. The van der Waals surface area contributed by atoms with Crippen LogP contribution in [0.5, 0.6) is 0 Å². The van der Waals surface area contributed by atoms with Crippen LogP contribution in [0.15, 0.2) is 59.6 Å². The van der Waals surface area contributed by atoms with E-state index in [9.17, 15) is 0 Å². The Morgan fingerprint density at radius 2 is 1.81 bits per heavy atom. The van der Waals surface area contributed by atoms with Gasteiger partial charge >= 0.3 is 0 Å². The van der Waals surface area contributed by atoms with Crippen LogP contribution >= 0.6 is 23.1 Å². The number of aromatic nitrogens is 3. The molecule has 2 heterocycles. The van der Waals surface area contributed by atoms with E-state index < -0.39 is 0 Å². The van der Waals surface area contributed by atoms with Crippen LogP contribution in [0.3, 0.4) is 0 Å². The highest BCUT2D eigenvalue weighted by Gasteiger charge is 2.09. The van der Waals surface area contributed by atoms with Gasteiger partial charge in [0.2, 0.25) is 5.13 Å². The summed E-state index contributed by atoms with van der Waals surface area (Å²) in [7, 11) is 0. The summed E-state index contributed by atoms with van der Waals surface area (Å²) >= 11 is 3.28. The molecule has 0 aliphatic heterocycles. The summed E-state index contributed by atoms with van der Waals surface area (Å²) in [6, 6.07) is 18.5. The summed E-state index contributed by atoms with van der Waals surface area (Å²) in [5, 5.41) is 15.8. The van der Waals surface area contributed by atoms with Crippen molar-refractivity contribution in [3.05, 3.63) is 70.7 Å². The fourth-order valence-electron chi connectivity index (χ4n) is 2.75. The van der Waals surface area contributed by atoms with E-state index in [4.69, 9.17) is 4.98 Å². The van der Waals surface area contributed by atoms with E-state index in [-0.39, 0.29) is 0 Å². The van der Waals surface area contributed by atoms with E-state index in [2.05, 4.69) is 53.6 Å². The third-order valence-corrected chi connectivity index (χ3v) is 6.00. The Labute approximate surface area is 160 Å². The standard InChI is InChI=1S/C20H18N4S2/c1-13-7-6-10-16-14(2)11-17(22-19(13)16)25-12-18-23-24-20(26-18)21-15-8-4-3-5-9-15/h3-11H,12H2,1-2H3,(H,21,24). The second-order valence-corrected chi connectivity index (χ2v) is 8.09. The SMILES string of the molecule is Cc1cc(SCc2nnc(Nc3ccccc3)s2)nc2c(C)cccc12. The molecule has 0 radical (unpaired) electrons. The first-order valence-electron chi connectivity index (χ1n) is 8.33. The largest absolute Gasteiger partial charge is 0.330 e. The number of nitrogens with one attached hydrogen (secondary N) is 1. The highest BCUT2D eigenvalue weighted by atomic mass is 32.2. The first-order chi connectivity index (χ1) is 12.7. The van der Waals surface area contributed by atoms with Gasteiger partial charge in [-0.2, -0.15) is 0 Å². The van der Waals surface area contributed by atoms with Crippen molar-refractivity contribution in [3.63, 3.8) is 0 Å². The van der Waals surface area contributed by atoms with Crippen LogP contribution in [0.1, 0.15) is 16.1 Å². The van der Waals surface area contributed by atoms with Crippen molar-refractivity contribution in [2.45, 2.75) is 24.6 Å². The van der Waals surface area contributed by atoms with Crippen LogP contribution in [-0.4, -0.2) is 15.2 Å². The summed E-state index contributed by atoms with van der Waals surface area (Å²) < 4.78 is 0. The number of hydrogen-bond acceptors (Lipinski definition) is 6. The molecule has 2 aromatic carbocycles. The summed E-state index contributed by atoms with van der Waals surface area (Å²) in [5.74, 6) is 0.762. The Morgan fingerprint density at radius 1 is 0.962 bits per heavy atom. The van der Waals surface area contributed by atoms with Crippen molar-refractivity contribution < 1.29 is 0 Å². The number of anilines is 2. The molecule has 4 rings (SSSR count). The third kappa shape index (κ3) is 3.71. The molecule has 2 aromatic heterocycles.